The van der Waals surface area contributed by atoms with Crippen LogP contribution in [0.2, 0.25) is 0 Å². The molecule has 0 N–H and O–H groups in total. The fourth-order valence-corrected chi connectivity index (χ4v) is 2.27. The quantitative estimate of drug-likeness (QED) is 0.754. The summed E-state index contributed by atoms with van der Waals surface area (Å²) in [4.78, 5) is 4.26. The number of rotatable bonds is 2. The van der Waals surface area contributed by atoms with Gasteiger partial charge >= 0.3 is 0 Å². The van der Waals surface area contributed by atoms with E-state index in [4.69, 9.17) is 4.74 Å². The van der Waals surface area contributed by atoms with E-state index in [1.807, 2.05) is 38.1 Å². The van der Waals surface area contributed by atoms with Gasteiger partial charge in [0, 0.05) is 10.7 Å². The van der Waals surface area contributed by atoms with Gasteiger partial charge in [0.2, 0.25) is 5.88 Å². The van der Waals surface area contributed by atoms with E-state index < -0.39 is 0 Å². The minimum Gasteiger partial charge on any atom is -0.438 e. The molecule has 2 aromatic rings. The molecule has 0 atom stereocenters. The van der Waals surface area contributed by atoms with Crippen LogP contribution in [0.4, 0.5) is 0 Å². The highest BCUT2D eigenvalue weighted by Crippen LogP contribution is 2.31. The normalized spacial score (nSPS) is 10.4. The number of aryl methyl sites for hydroxylation is 2. The third-order valence-corrected chi connectivity index (χ3v) is 3.36. The molecule has 0 saturated carbocycles. The van der Waals surface area contributed by atoms with Crippen molar-refractivity contribution < 1.29 is 4.74 Å². The molecule has 2 nitrogen and oxygen atoms in total. The molecule has 0 fully saturated rings. The van der Waals surface area contributed by atoms with Gasteiger partial charge in [-0.1, -0.05) is 22.0 Å². The summed E-state index contributed by atoms with van der Waals surface area (Å²) in [6.07, 6.45) is 1.79. The Morgan fingerprint density at radius 1 is 1.12 bits per heavy atom. The van der Waals surface area contributed by atoms with Crippen molar-refractivity contribution in [2.24, 2.45) is 0 Å². The largest absolute Gasteiger partial charge is 0.438 e. The molecule has 0 aliphatic carbocycles. The lowest BCUT2D eigenvalue weighted by Crippen LogP contribution is -1.92. The van der Waals surface area contributed by atoms with Gasteiger partial charge in [-0.25, -0.2) is 4.98 Å². The molecule has 1 aromatic heterocycles. The summed E-state index contributed by atoms with van der Waals surface area (Å²) in [7, 11) is 0. The maximum Gasteiger partial charge on any atom is 0.233 e. The molecule has 17 heavy (non-hydrogen) atoms. The minimum atomic E-state index is 0.580. The van der Waals surface area contributed by atoms with E-state index >= 15 is 0 Å². The number of hydrogen-bond donors (Lipinski definition) is 0. The zero-order valence-electron chi connectivity index (χ0n) is 9.50. The first-order valence-corrected chi connectivity index (χ1v) is 6.71. The molecular weight excluding hydrogens is 346 g/mol. The van der Waals surface area contributed by atoms with Gasteiger partial charge in [-0.05, 0) is 59.1 Å². The van der Waals surface area contributed by atoms with Gasteiger partial charge in [0.15, 0.2) is 0 Å². The summed E-state index contributed by atoms with van der Waals surface area (Å²) in [6.45, 7) is 4.00. The third-order valence-electron chi connectivity index (χ3n) is 2.30. The van der Waals surface area contributed by atoms with Gasteiger partial charge in [0.1, 0.15) is 5.75 Å². The predicted octanol–water partition coefficient (Wildman–Crippen LogP) is 5.02. The number of aromatic nitrogens is 1. The summed E-state index contributed by atoms with van der Waals surface area (Å²) in [5.74, 6) is 1.38. The summed E-state index contributed by atoms with van der Waals surface area (Å²) < 4.78 is 7.63. The van der Waals surface area contributed by atoms with Gasteiger partial charge < -0.3 is 4.74 Å². The van der Waals surface area contributed by atoms with Gasteiger partial charge in [-0.2, -0.15) is 0 Å². The maximum absolute atomic E-state index is 5.79. The Labute approximate surface area is 117 Å². The fourth-order valence-electron chi connectivity index (χ4n) is 1.38. The van der Waals surface area contributed by atoms with E-state index in [1.54, 1.807) is 6.20 Å². The third kappa shape index (κ3) is 3.07. The second-order valence-electron chi connectivity index (χ2n) is 3.81. The van der Waals surface area contributed by atoms with Crippen LogP contribution in [0.3, 0.4) is 0 Å². The number of pyridine rings is 1. The van der Waals surface area contributed by atoms with E-state index in [0.29, 0.717) is 5.88 Å². The fraction of sp³-hybridized carbons (Fsp3) is 0.154. The summed E-state index contributed by atoms with van der Waals surface area (Å²) in [6, 6.07) is 7.90. The van der Waals surface area contributed by atoms with Crippen LogP contribution < -0.4 is 4.74 Å². The monoisotopic (exact) mass is 355 g/mol. The number of benzene rings is 1. The lowest BCUT2D eigenvalue weighted by Gasteiger charge is -2.09. The van der Waals surface area contributed by atoms with E-state index in [9.17, 15) is 0 Å². The van der Waals surface area contributed by atoms with E-state index in [1.165, 1.54) is 0 Å². The molecule has 0 aliphatic heterocycles. The number of halogens is 2. The van der Waals surface area contributed by atoms with Crippen molar-refractivity contribution in [3.05, 3.63) is 50.5 Å². The molecule has 1 heterocycles. The van der Waals surface area contributed by atoms with Crippen molar-refractivity contribution in [3.63, 3.8) is 0 Å². The molecule has 2 rings (SSSR count). The predicted molar refractivity (Wildman–Crippen MR) is 75.6 cm³/mol. The molecule has 0 amide bonds. The number of ether oxygens (including phenoxy) is 1. The Balaban J connectivity index is 2.34. The van der Waals surface area contributed by atoms with Gasteiger partial charge in [-0.3, -0.25) is 0 Å². The lowest BCUT2D eigenvalue weighted by molar-refractivity contribution is 0.455. The molecule has 0 bridgehead atoms. The van der Waals surface area contributed by atoms with Crippen LogP contribution >= 0.6 is 31.9 Å². The first-order chi connectivity index (χ1) is 8.06. The topological polar surface area (TPSA) is 22.1 Å². The van der Waals surface area contributed by atoms with Gasteiger partial charge in [-0.15, -0.1) is 0 Å². The Kier molecular flexibility index (Phi) is 3.84. The van der Waals surface area contributed by atoms with Crippen molar-refractivity contribution in [2.45, 2.75) is 13.8 Å². The molecule has 0 saturated heterocycles. The molecule has 0 aliphatic rings. The zero-order chi connectivity index (χ0) is 12.4. The summed E-state index contributed by atoms with van der Waals surface area (Å²) >= 11 is 6.88. The van der Waals surface area contributed by atoms with E-state index in [0.717, 1.165) is 25.8 Å². The van der Waals surface area contributed by atoms with Crippen LogP contribution in [0, 0.1) is 13.8 Å². The van der Waals surface area contributed by atoms with Crippen LogP contribution in [0.5, 0.6) is 11.6 Å². The van der Waals surface area contributed by atoms with Crippen LogP contribution in [-0.4, -0.2) is 4.98 Å². The second kappa shape index (κ2) is 5.19. The van der Waals surface area contributed by atoms with Crippen molar-refractivity contribution in [1.29, 1.82) is 0 Å². The molecule has 1 aromatic carbocycles. The molecule has 0 radical (unpaired) electrons. The van der Waals surface area contributed by atoms with E-state index in [-0.39, 0.29) is 0 Å². The molecular formula is C13H11Br2NO. The molecule has 4 heteroatoms. The average molecular weight is 357 g/mol. The van der Waals surface area contributed by atoms with Crippen molar-refractivity contribution in [2.75, 3.05) is 0 Å². The Morgan fingerprint density at radius 2 is 1.88 bits per heavy atom. The minimum absolute atomic E-state index is 0.580. The molecule has 0 spiro atoms. The first kappa shape index (κ1) is 12.6. The Hall–Kier alpha value is -0.870. The van der Waals surface area contributed by atoms with Crippen LogP contribution in [0.1, 0.15) is 11.1 Å². The zero-order valence-corrected chi connectivity index (χ0v) is 12.7. The summed E-state index contributed by atoms with van der Waals surface area (Å²) in [5, 5.41) is 0. The summed E-state index contributed by atoms with van der Waals surface area (Å²) in [5.41, 5.74) is 2.16. The Bertz CT molecular complexity index is 555. The van der Waals surface area contributed by atoms with Gasteiger partial charge in [0.25, 0.3) is 0 Å². The van der Waals surface area contributed by atoms with Crippen LogP contribution in [0.25, 0.3) is 0 Å². The second-order valence-corrected chi connectivity index (χ2v) is 5.58. The van der Waals surface area contributed by atoms with E-state index in [2.05, 4.69) is 36.8 Å². The number of hydrogen-bond acceptors (Lipinski definition) is 2. The number of nitrogens with zero attached hydrogens (tertiary/aromatic N) is 1. The van der Waals surface area contributed by atoms with Crippen molar-refractivity contribution in [3.8, 4) is 11.6 Å². The van der Waals surface area contributed by atoms with Crippen LogP contribution in [-0.2, 0) is 0 Å². The highest BCUT2D eigenvalue weighted by molar-refractivity contribution is 9.10. The molecule has 88 valence electrons. The average Bonchev–Trinajstić information content (AvgIpc) is 2.27. The van der Waals surface area contributed by atoms with Crippen molar-refractivity contribution >= 4 is 31.9 Å². The highest BCUT2D eigenvalue weighted by atomic mass is 79.9. The van der Waals surface area contributed by atoms with Gasteiger partial charge in [0.05, 0.1) is 4.47 Å². The highest BCUT2D eigenvalue weighted by Gasteiger charge is 2.07. The SMILES string of the molecule is Cc1cnc(Oc2cc(Br)ccc2C)c(Br)c1. The maximum atomic E-state index is 5.79. The van der Waals surface area contributed by atoms with Crippen molar-refractivity contribution in [1.82, 2.24) is 4.98 Å². The first-order valence-electron chi connectivity index (χ1n) is 5.12. The van der Waals surface area contributed by atoms with Crippen LogP contribution in [0.15, 0.2) is 39.4 Å². The lowest BCUT2D eigenvalue weighted by atomic mass is 10.2. The molecule has 0 unspecified atom stereocenters. The smallest absolute Gasteiger partial charge is 0.233 e. The Morgan fingerprint density at radius 3 is 2.59 bits per heavy atom. The standard InChI is InChI=1S/C13H11Br2NO/c1-8-5-11(15)13(16-7-8)17-12-6-10(14)4-3-9(12)2/h3-7H,1-2H3.